The van der Waals surface area contributed by atoms with Crippen molar-refractivity contribution < 1.29 is 0 Å². The molecule has 2 N–H and O–H groups in total. The van der Waals surface area contributed by atoms with Gasteiger partial charge < -0.3 is 5.73 Å². The Morgan fingerprint density at radius 1 is 1.06 bits per heavy atom. The third kappa shape index (κ3) is 2.27. The fraction of sp³-hybridized carbons (Fsp3) is 0. The van der Waals surface area contributed by atoms with E-state index in [2.05, 4.69) is 4.98 Å². The maximum atomic E-state index is 5.93. The Kier molecular flexibility index (Phi) is 3.07. The van der Waals surface area contributed by atoms with Gasteiger partial charge in [-0.1, -0.05) is 11.6 Å². The standard InChI is InChI=1S/C13H9ClN2S2/c14-12-6-5-11(18-12)10-7-17-13(16-10)8-1-3-9(15)4-2-8/h1-7H,15H2. The molecule has 0 amide bonds. The zero-order chi connectivity index (χ0) is 12.5. The van der Waals surface area contributed by atoms with E-state index in [1.807, 2.05) is 41.8 Å². The third-order valence-electron chi connectivity index (χ3n) is 2.49. The highest BCUT2D eigenvalue weighted by Gasteiger charge is 2.08. The zero-order valence-corrected chi connectivity index (χ0v) is 11.6. The van der Waals surface area contributed by atoms with E-state index in [0.717, 1.165) is 31.2 Å². The fourth-order valence-electron chi connectivity index (χ4n) is 1.60. The first kappa shape index (κ1) is 11.7. The summed E-state index contributed by atoms with van der Waals surface area (Å²) in [4.78, 5) is 5.72. The second-order valence-corrected chi connectivity index (χ2v) is 6.34. The largest absolute Gasteiger partial charge is 0.399 e. The van der Waals surface area contributed by atoms with E-state index in [0.29, 0.717) is 0 Å². The van der Waals surface area contributed by atoms with Crippen LogP contribution in [0.15, 0.2) is 41.8 Å². The van der Waals surface area contributed by atoms with Crippen molar-refractivity contribution in [3.05, 3.63) is 46.1 Å². The average molecular weight is 293 g/mol. The monoisotopic (exact) mass is 292 g/mol. The Morgan fingerprint density at radius 3 is 2.50 bits per heavy atom. The predicted octanol–water partition coefficient (Wildman–Crippen LogP) is 4.77. The van der Waals surface area contributed by atoms with Gasteiger partial charge in [-0.2, -0.15) is 0 Å². The summed E-state index contributed by atoms with van der Waals surface area (Å²) in [7, 11) is 0. The summed E-state index contributed by atoms with van der Waals surface area (Å²) >= 11 is 9.10. The molecule has 0 atom stereocenters. The fourth-order valence-corrected chi connectivity index (χ4v) is 3.50. The van der Waals surface area contributed by atoms with Gasteiger partial charge in [0.15, 0.2) is 0 Å². The quantitative estimate of drug-likeness (QED) is 0.691. The van der Waals surface area contributed by atoms with Gasteiger partial charge in [-0.25, -0.2) is 4.98 Å². The number of anilines is 1. The lowest BCUT2D eigenvalue weighted by molar-refractivity contribution is 1.42. The summed E-state index contributed by atoms with van der Waals surface area (Å²) < 4.78 is 0.784. The van der Waals surface area contributed by atoms with Gasteiger partial charge in [0.25, 0.3) is 0 Å². The number of nitrogens with two attached hydrogens (primary N) is 1. The van der Waals surface area contributed by atoms with Crippen LogP contribution in [0.2, 0.25) is 4.34 Å². The van der Waals surface area contributed by atoms with Crippen molar-refractivity contribution in [1.29, 1.82) is 0 Å². The molecule has 90 valence electrons. The van der Waals surface area contributed by atoms with Crippen molar-refractivity contribution in [3.8, 4) is 21.1 Å². The lowest BCUT2D eigenvalue weighted by atomic mass is 10.2. The van der Waals surface area contributed by atoms with Crippen LogP contribution in [0.5, 0.6) is 0 Å². The van der Waals surface area contributed by atoms with Gasteiger partial charge in [0.1, 0.15) is 5.01 Å². The molecule has 0 radical (unpaired) electrons. The second kappa shape index (κ2) is 4.72. The van der Waals surface area contributed by atoms with Gasteiger partial charge in [0.2, 0.25) is 0 Å². The van der Waals surface area contributed by atoms with E-state index in [9.17, 15) is 0 Å². The molecule has 2 aromatic heterocycles. The predicted molar refractivity (Wildman–Crippen MR) is 80.3 cm³/mol. The van der Waals surface area contributed by atoms with Crippen molar-refractivity contribution in [3.63, 3.8) is 0 Å². The molecule has 0 bridgehead atoms. The van der Waals surface area contributed by atoms with Crippen LogP contribution in [-0.2, 0) is 0 Å². The van der Waals surface area contributed by atoms with E-state index in [1.165, 1.54) is 0 Å². The lowest BCUT2D eigenvalue weighted by Crippen LogP contribution is -1.83. The highest BCUT2D eigenvalue weighted by Crippen LogP contribution is 2.34. The number of thiazole rings is 1. The minimum atomic E-state index is 0.764. The summed E-state index contributed by atoms with van der Waals surface area (Å²) in [6.45, 7) is 0. The number of hydrogen-bond donors (Lipinski definition) is 1. The van der Waals surface area contributed by atoms with Crippen LogP contribution in [-0.4, -0.2) is 4.98 Å². The molecule has 18 heavy (non-hydrogen) atoms. The lowest BCUT2D eigenvalue weighted by Gasteiger charge is -1.96. The van der Waals surface area contributed by atoms with E-state index < -0.39 is 0 Å². The molecule has 2 nitrogen and oxygen atoms in total. The molecule has 0 unspecified atom stereocenters. The number of halogens is 1. The number of nitrogen functional groups attached to an aromatic ring is 1. The molecule has 2 heterocycles. The topological polar surface area (TPSA) is 38.9 Å². The minimum Gasteiger partial charge on any atom is -0.399 e. The third-order valence-corrected chi connectivity index (χ3v) is 4.63. The molecular formula is C13H9ClN2S2. The number of rotatable bonds is 2. The molecule has 0 fully saturated rings. The SMILES string of the molecule is Nc1ccc(-c2nc(-c3ccc(Cl)s3)cs2)cc1. The van der Waals surface area contributed by atoms with Crippen molar-refractivity contribution in [1.82, 2.24) is 4.98 Å². The summed E-state index contributed by atoms with van der Waals surface area (Å²) in [5, 5.41) is 3.04. The van der Waals surface area contributed by atoms with Crippen LogP contribution < -0.4 is 5.73 Å². The first-order valence-corrected chi connectivity index (χ1v) is 7.37. The van der Waals surface area contributed by atoms with E-state index in [-0.39, 0.29) is 0 Å². The molecular weight excluding hydrogens is 284 g/mol. The van der Waals surface area contributed by atoms with Gasteiger partial charge in [-0.05, 0) is 36.4 Å². The Morgan fingerprint density at radius 2 is 1.83 bits per heavy atom. The van der Waals surface area contributed by atoms with Crippen LogP contribution in [0.1, 0.15) is 0 Å². The van der Waals surface area contributed by atoms with Gasteiger partial charge in [-0.15, -0.1) is 22.7 Å². The number of aromatic nitrogens is 1. The van der Waals surface area contributed by atoms with Crippen molar-refractivity contribution in [2.75, 3.05) is 5.73 Å². The molecule has 5 heteroatoms. The Labute approximate surface area is 118 Å². The van der Waals surface area contributed by atoms with Crippen LogP contribution in [0.25, 0.3) is 21.1 Å². The van der Waals surface area contributed by atoms with Gasteiger partial charge in [0, 0.05) is 16.6 Å². The molecule has 0 spiro atoms. The number of thiophene rings is 1. The van der Waals surface area contributed by atoms with Crippen molar-refractivity contribution in [2.24, 2.45) is 0 Å². The average Bonchev–Trinajstić information content (AvgIpc) is 2.98. The molecule has 0 aliphatic carbocycles. The second-order valence-electron chi connectivity index (χ2n) is 3.76. The molecule has 1 aromatic carbocycles. The van der Waals surface area contributed by atoms with Gasteiger partial charge in [0.05, 0.1) is 14.9 Å². The first-order chi connectivity index (χ1) is 8.72. The van der Waals surface area contributed by atoms with E-state index in [4.69, 9.17) is 17.3 Å². The van der Waals surface area contributed by atoms with Crippen molar-refractivity contribution >= 4 is 40.0 Å². The minimum absolute atomic E-state index is 0.764. The van der Waals surface area contributed by atoms with Crippen LogP contribution in [0.3, 0.4) is 0 Å². The molecule has 0 saturated carbocycles. The first-order valence-electron chi connectivity index (χ1n) is 5.29. The van der Waals surface area contributed by atoms with E-state index >= 15 is 0 Å². The summed E-state index contributed by atoms with van der Waals surface area (Å²) in [5.74, 6) is 0. The van der Waals surface area contributed by atoms with Gasteiger partial charge >= 0.3 is 0 Å². The number of hydrogen-bond acceptors (Lipinski definition) is 4. The maximum Gasteiger partial charge on any atom is 0.124 e. The molecule has 0 saturated heterocycles. The summed E-state index contributed by atoms with van der Waals surface area (Å²) in [6.07, 6.45) is 0. The smallest absolute Gasteiger partial charge is 0.124 e. The maximum absolute atomic E-state index is 5.93. The summed E-state index contributed by atoms with van der Waals surface area (Å²) in [6, 6.07) is 11.6. The van der Waals surface area contributed by atoms with Crippen molar-refractivity contribution in [2.45, 2.75) is 0 Å². The normalized spacial score (nSPS) is 10.7. The Balaban J connectivity index is 1.96. The van der Waals surface area contributed by atoms with Gasteiger partial charge in [-0.3, -0.25) is 0 Å². The Hall–Kier alpha value is -1.36. The number of benzene rings is 1. The molecule has 3 rings (SSSR count). The van der Waals surface area contributed by atoms with Crippen LogP contribution in [0.4, 0.5) is 5.69 Å². The highest BCUT2D eigenvalue weighted by atomic mass is 35.5. The zero-order valence-electron chi connectivity index (χ0n) is 9.26. The summed E-state index contributed by atoms with van der Waals surface area (Å²) in [5.41, 5.74) is 8.50. The molecule has 0 aliphatic rings. The van der Waals surface area contributed by atoms with Crippen LogP contribution in [0, 0.1) is 0 Å². The highest BCUT2D eigenvalue weighted by molar-refractivity contribution is 7.20. The molecule has 0 aliphatic heterocycles. The number of nitrogens with zero attached hydrogens (tertiary/aromatic N) is 1. The Bertz CT molecular complexity index is 670. The molecule has 3 aromatic rings. The van der Waals surface area contributed by atoms with Crippen LogP contribution >= 0.6 is 34.3 Å². The van der Waals surface area contributed by atoms with E-state index in [1.54, 1.807) is 22.7 Å².